The van der Waals surface area contributed by atoms with E-state index in [1.165, 1.54) is 6.07 Å². The van der Waals surface area contributed by atoms with E-state index in [1.807, 2.05) is 0 Å². The molecule has 0 spiro atoms. The Morgan fingerprint density at radius 1 is 1.41 bits per heavy atom. The fourth-order valence-corrected chi connectivity index (χ4v) is 2.64. The molecule has 1 aromatic rings. The van der Waals surface area contributed by atoms with E-state index in [9.17, 15) is 13.2 Å². The third-order valence-electron chi connectivity index (χ3n) is 1.89. The molecule has 0 unspecified atom stereocenters. The van der Waals surface area contributed by atoms with Crippen LogP contribution in [0.25, 0.3) is 0 Å². The van der Waals surface area contributed by atoms with Gasteiger partial charge in [0.15, 0.2) is 0 Å². The lowest BCUT2D eigenvalue weighted by atomic mass is 10.2. The quantitative estimate of drug-likeness (QED) is 0.883. The van der Waals surface area contributed by atoms with Crippen molar-refractivity contribution in [1.82, 2.24) is 5.32 Å². The van der Waals surface area contributed by atoms with E-state index in [4.69, 9.17) is 28.3 Å². The molecule has 5 nitrogen and oxygen atoms in total. The van der Waals surface area contributed by atoms with Gasteiger partial charge in [-0.25, -0.2) is 13.6 Å². The van der Waals surface area contributed by atoms with Gasteiger partial charge in [-0.05, 0) is 19.1 Å². The predicted molar refractivity (Wildman–Crippen MR) is 65.8 cm³/mol. The van der Waals surface area contributed by atoms with Crippen LogP contribution in [0, 0.1) is 0 Å². The lowest BCUT2D eigenvalue weighted by molar-refractivity contribution is 0.0956. The van der Waals surface area contributed by atoms with Crippen LogP contribution in [0.15, 0.2) is 17.0 Å². The molecule has 0 bridgehead atoms. The van der Waals surface area contributed by atoms with Crippen molar-refractivity contribution in [2.24, 2.45) is 5.14 Å². The van der Waals surface area contributed by atoms with Gasteiger partial charge < -0.3 is 5.32 Å². The molecule has 0 aromatic heterocycles. The topological polar surface area (TPSA) is 89.3 Å². The summed E-state index contributed by atoms with van der Waals surface area (Å²) in [7, 11) is -4.02. The zero-order valence-corrected chi connectivity index (χ0v) is 11.2. The van der Waals surface area contributed by atoms with Crippen LogP contribution in [0.2, 0.25) is 10.0 Å². The van der Waals surface area contributed by atoms with Gasteiger partial charge in [-0.15, -0.1) is 0 Å². The fourth-order valence-electron chi connectivity index (χ4n) is 1.19. The molecule has 3 N–H and O–H groups in total. The number of carbonyl (C=O) groups is 1. The maximum absolute atomic E-state index is 11.6. The van der Waals surface area contributed by atoms with Crippen LogP contribution in [0.5, 0.6) is 0 Å². The predicted octanol–water partition coefficient (Wildman–Crippen LogP) is 1.39. The third kappa shape index (κ3) is 3.32. The highest BCUT2D eigenvalue weighted by molar-refractivity contribution is 7.89. The summed E-state index contributed by atoms with van der Waals surface area (Å²) in [4.78, 5) is 11.2. The highest BCUT2D eigenvalue weighted by Gasteiger charge is 2.20. The second-order valence-corrected chi connectivity index (χ2v) is 5.51. The van der Waals surface area contributed by atoms with Gasteiger partial charge in [0.1, 0.15) is 4.90 Å². The summed E-state index contributed by atoms with van der Waals surface area (Å²) < 4.78 is 22.5. The number of hydrogen-bond donors (Lipinski definition) is 2. The van der Waals surface area contributed by atoms with Crippen molar-refractivity contribution in [1.29, 1.82) is 0 Å². The molecule has 0 heterocycles. The Hall–Kier alpha value is -0.820. The molecule has 8 heteroatoms. The van der Waals surface area contributed by atoms with Crippen molar-refractivity contribution in [3.63, 3.8) is 0 Å². The minimum Gasteiger partial charge on any atom is -0.352 e. The molecule has 1 rings (SSSR count). The van der Waals surface area contributed by atoms with E-state index in [1.54, 1.807) is 6.92 Å². The Morgan fingerprint density at radius 2 is 2.00 bits per heavy atom. The van der Waals surface area contributed by atoms with E-state index in [2.05, 4.69) is 5.32 Å². The average molecular weight is 297 g/mol. The minimum atomic E-state index is -4.02. The van der Waals surface area contributed by atoms with E-state index < -0.39 is 15.9 Å². The van der Waals surface area contributed by atoms with E-state index >= 15 is 0 Å². The number of amides is 1. The maximum Gasteiger partial charge on any atom is 0.252 e. The van der Waals surface area contributed by atoms with Crippen molar-refractivity contribution in [2.45, 2.75) is 11.8 Å². The first kappa shape index (κ1) is 14.2. The van der Waals surface area contributed by atoms with Gasteiger partial charge in [-0.3, -0.25) is 4.79 Å². The van der Waals surface area contributed by atoms with Crippen LogP contribution in [0.3, 0.4) is 0 Å². The molecular weight excluding hydrogens is 287 g/mol. The van der Waals surface area contributed by atoms with Gasteiger partial charge in [0.2, 0.25) is 10.0 Å². The highest BCUT2D eigenvalue weighted by Crippen LogP contribution is 2.28. The minimum absolute atomic E-state index is 0.0231. The molecule has 0 fully saturated rings. The number of carbonyl (C=O) groups excluding carboxylic acids is 1. The zero-order valence-electron chi connectivity index (χ0n) is 8.83. The fraction of sp³-hybridized carbons (Fsp3) is 0.222. The Balaban J connectivity index is 3.44. The molecule has 0 saturated heterocycles. The highest BCUT2D eigenvalue weighted by atomic mass is 35.5. The van der Waals surface area contributed by atoms with Crippen molar-refractivity contribution >= 4 is 39.1 Å². The van der Waals surface area contributed by atoms with Gasteiger partial charge in [-0.1, -0.05) is 23.2 Å². The molecule has 1 aromatic carbocycles. The number of benzene rings is 1. The summed E-state index contributed by atoms with van der Waals surface area (Å²) in [6.45, 7) is 2.10. The number of rotatable bonds is 3. The number of halogens is 2. The van der Waals surface area contributed by atoms with Crippen LogP contribution < -0.4 is 10.5 Å². The van der Waals surface area contributed by atoms with Crippen molar-refractivity contribution in [3.8, 4) is 0 Å². The first-order chi connectivity index (χ1) is 7.77. The summed E-state index contributed by atoms with van der Waals surface area (Å²) in [6.07, 6.45) is 0. The van der Waals surface area contributed by atoms with E-state index in [0.29, 0.717) is 6.54 Å². The number of hydrogen-bond acceptors (Lipinski definition) is 3. The van der Waals surface area contributed by atoms with Gasteiger partial charge in [-0.2, -0.15) is 0 Å². The maximum atomic E-state index is 11.6. The Bertz CT molecular complexity index is 558. The number of primary sulfonamides is 1. The Morgan fingerprint density at radius 3 is 2.47 bits per heavy atom. The van der Waals surface area contributed by atoms with Crippen LogP contribution in [-0.4, -0.2) is 20.9 Å². The molecule has 0 saturated carbocycles. The molecule has 0 atom stereocenters. The monoisotopic (exact) mass is 296 g/mol. The standard InChI is InChI=1S/C9H10Cl2N2O3S/c1-2-13-9(14)6-3-5(10)4-7(8(6)11)17(12,15)16/h3-4H,2H2,1H3,(H,13,14)(H2,12,15,16). The summed E-state index contributed by atoms with van der Waals surface area (Å²) in [5.41, 5.74) is -0.0231. The smallest absolute Gasteiger partial charge is 0.252 e. The molecule has 0 aliphatic heterocycles. The molecule has 94 valence electrons. The van der Waals surface area contributed by atoms with Gasteiger partial charge in [0, 0.05) is 11.6 Å². The second-order valence-electron chi connectivity index (χ2n) is 3.17. The van der Waals surface area contributed by atoms with Gasteiger partial charge in [0.05, 0.1) is 10.6 Å². The van der Waals surface area contributed by atoms with Crippen LogP contribution in [0.4, 0.5) is 0 Å². The summed E-state index contributed by atoms with van der Waals surface area (Å²) in [5, 5.41) is 7.29. The molecule has 0 aliphatic rings. The van der Waals surface area contributed by atoms with Gasteiger partial charge in [0.25, 0.3) is 5.91 Å². The summed E-state index contributed by atoms with van der Waals surface area (Å²) in [5.74, 6) is -0.509. The lowest BCUT2D eigenvalue weighted by Crippen LogP contribution is -2.24. The molecule has 0 aliphatic carbocycles. The Kier molecular flexibility index (Phi) is 4.37. The lowest BCUT2D eigenvalue weighted by Gasteiger charge is -2.09. The van der Waals surface area contributed by atoms with Crippen LogP contribution >= 0.6 is 23.2 Å². The summed E-state index contributed by atoms with van der Waals surface area (Å²) >= 11 is 11.5. The first-order valence-electron chi connectivity index (χ1n) is 4.57. The summed E-state index contributed by atoms with van der Waals surface area (Å²) in [6, 6.07) is 2.38. The number of nitrogens with one attached hydrogen (secondary N) is 1. The zero-order chi connectivity index (χ0) is 13.2. The first-order valence-corrected chi connectivity index (χ1v) is 6.87. The molecule has 0 radical (unpaired) electrons. The number of sulfonamides is 1. The molecular formula is C9H10Cl2N2O3S. The van der Waals surface area contributed by atoms with Crippen molar-refractivity contribution < 1.29 is 13.2 Å². The van der Waals surface area contributed by atoms with Gasteiger partial charge >= 0.3 is 0 Å². The van der Waals surface area contributed by atoms with Crippen LogP contribution in [0.1, 0.15) is 17.3 Å². The van der Waals surface area contributed by atoms with E-state index in [-0.39, 0.29) is 20.5 Å². The Labute approximate surface area is 109 Å². The largest absolute Gasteiger partial charge is 0.352 e. The average Bonchev–Trinajstić information content (AvgIpc) is 2.19. The van der Waals surface area contributed by atoms with Crippen molar-refractivity contribution in [2.75, 3.05) is 6.54 Å². The van der Waals surface area contributed by atoms with Crippen LogP contribution in [-0.2, 0) is 10.0 Å². The van der Waals surface area contributed by atoms with Crippen molar-refractivity contribution in [3.05, 3.63) is 27.7 Å². The normalized spacial score (nSPS) is 11.3. The molecule has 17 heavy (non-hydrogen) atoms. The third-order valence-corrected chi connectivity index (χ3v) is 3.56. The second kappa shape index (κ2) is 5.22. The SMILES string of the molecule is CCNC(=O)c1cc(Cl)cc(S(N)(=O)=O)c1Cl. The number of nitrogens with two attached hydrogens (primary N) is 1. The molecule has 1 amide bonds. The van der Waals surface area contributed by atoms with E-state index in [0.717, 1.165) is 6.07 Å².